The highest BCUT2D eigenvalue weighted by atomic mass is 32.1. The number of amides is 1. The summed E-state index contributed by atoms with van der Waals surface area (Å²) in [5.41, 5.74) is 1.08. The Kier molecular flexibility index (Phi) is 6.95. The number of aliphatic hydroxyl groups excluding tert-OH is 1. The van der Waals surface area contributed by atoms with Crippen LogP contribution in [0.2, 0.25) is 0 Å². The molecule has 1 aliphatic heterocycles. The molecule has 1 atom stereocenters. The maximum absolute atomic E-state index is 13.4. The Labute approximate surface area is 205 Å². The first-order valence-corrected chi connectivity index (χ1v) is 12.6. The van der Waals surface area contributed by atoms with Crippen LogP contribution in [0.25, 0.3) is 0 Å². The van der Waals surface area contributed by atoms with Crippen molar-refractivity contribution >= 4 is 45.3 Å². The molecule has 1 amide bonds. The summed E-state index contributed by atoms with van der Waals surface area (Å²) in [6, 6.07) is 9.63. The minimum Gasteiger partial charge on any atom is -0.503 e. The second-order valence-corrected chi connectivity index (χ2v) is 9.81. The van der Waals surface area contributed by atoms with Crippen LogP contribution in [0, 0.1) is 6.92 Å². The lowest BCUT2D eigenvalue weighted by molar-refractivity contribution is -0.117. The third-order valence-corrected chi connectivity index (χ3v) is 7.58. The van der Waals surface area contributed by atoms with Crippen molar-refractivity contribution < 1.29 is 24.2 Å². The van der Waals surface area contributed by atoms with Gasteiger partial charge in [0.25, 0.3) is 5.91 Å². The van der Waals surface area contributed by atoms with Crippen molar-refractivity contribution in [1.82, 2.24) is 4.98 Å². The molecule has 1 unspecified atom stereocenters. The fourth-order valence-corrected chi connectivity index (χ4v) is 5.48. The highest BCUT2D eigenvalue weighted by molar-refractivity contribution is 7.17. The topological polar surface area (TPSA) is 96.8 Å². The lowest BCUT2D eigenvalue weighted by atomic mass is 9.95. The number of rotatable bonds is 9. The maximum Gasteiger partial charge on any atom is 0.296 e. The fourth-order valence-electron chi connectivity index (χ4n) is 3.81. The van der Waals surface area contributed by atoms with Crippen LogP contribution in [-0.4, -0.2) is 34.2 Å². The van der Waals surface area contributed by atoms with Gasteiger partial charge in [-0.2, -0.15) is 0 Å². The number of ether oxygens (including phenoxy) is 1. The van der Waals surface area contributed by atoms with Gasteiger partial charge in [-0.3, -0.25) is 19.3 Å². The monoisotopic (exact) mass is 496 g/mol. The van der Waals surface area contributed by atoms with Crippen LogP contribution in [0.15, 0.2) is 53.1 Å². The van der Waals surface area contributed by atoms with Crippen molar-refractivity contribution in [2.24, 2.45) is 0 Å². The summed E-state index contributed by atoms with van der Waals surface area (Å²) in [5, 5.41) is 12.9. The van der Waals surface area contributed by atoms with Gasteiger partial charge in [0.1, 0.15) is 5.75 Å². The van der Waals surface area contributed by atoms with E-state index in [4.69, 9.17) is 4.74 Å². The molecule has 0 spiro atoms. The number of aryl methyl sites for hydroxylation is 1. The Morgan fingerprint density at radius 2 is 2.03 bits per heavy atom. The number of carbonyl (C=O) groups excluding carboxylic acids is 3. The number of unbranched alkanes of at least 4 members (excludes halogenated alkanes) is 1. The van der Waals surface area contributed by atoms with Crippen LogP contribution < -0.4 is 9.64 Å². The predicted molar refractivity (Wildman–Crippen MR) is 132 cm³/mol. The summed E-state index contributed by atoms with van der Waals surface area (Å²) in [6.45, 7) is 5.75. The van der Waals surface area contributed by atoms with Gasteiger partial charge in [-0.15, -0.1) is 11.3 Å². The molecule has 3 heterocycles. The third kappa shape index (κ3) is 4.41. The van der Waals surface area contributed by atoms with E-state index in [1.54, 1.807) is 42.6 Å². The van der Waals surface area contributed by atoms with E-state index in [0.29, 0.717) is 33.4 Å². The van der Waals surface area contributed by atoms with Gasteiger partial charge < -0.3 is 9.84 Å². The van der Waals surface area contributed by atoms with Gasteiger partial charge in [0, 0.05) is 6.92 Å². The number of thiophene rings is 1. The SMILES string of the molecule is CCCCOc1cccc(C2C(C(=O)c3cccs3)=C(O)C(=O)N2c2nc(C)c(C(C)=O)s2)c1. The molecular formula is C25H24N2O5S2. The first-order chi connectivity index (χ1) is 16.3. The highest BCUT2D eigenvalue weighted by Crippen LogP contribution is 2.44. The molecule has 9 heteroatoms. The van der Waals surface area contributed by atoms with Crippen molar-refractivity contribution in [1.29, 1.82) is 0 Å². The number of Topliss-reactive ketones (excluding diaryl/α,β-unsaturated/α-hetero) is 2. The fraction of sp³-hybridized carbons (Fsp3) is 0.280. The Bertz CT molecular complexity index is 1280. The number of hydrogen-bond acceptors (Lipinski definition) is 8. The van der Waals surface area contributed by atoms with E-state index in [1.807, 2.05) is 6.07 Å². The van der Waals surface area contributed by atoms with Gasteiger partial charge in [0.05, 0.1) is 33.7 Å². The first-order valence-electron chi connectivity index (χ1n) is 10.9. The van der Waals surface area contributed by atoms with E-state index < -0.39 is 23.5 Å². The molecule has 0 fully saturated rings. The number of aliphatic hydroxyl groups is 1. The van der Waals surface area contributed by atoms with Gasteiger partial charge in [0.2, 0.25) is 5.78 Å². The molecule has 0 saturated carbocycles. The lowest BCUT2D eigenvalue weighted by Crippen LogP contribution is -2.31. The van der Waals surface area contributed by atoms with Crippen LogP contribution in [0.3, 0.4) is 0 Å². The van der Waals surface area contributed by atoms with Gasteiger partial charge in [-0.25, -0.2) is 4.98 Å². The van der Waals surface area contributed by atoms with E-state index in [1.165, 1.54) is 23.2 Å². The largest absolute Gasteiger partial charge is 0.503 e. The molecular weight excluding hydrogens is 472 g/mol. The van der Waals surface area contributed by atoms with Crippen molar-refractivity contribution in [3.8, 4) is 5.75 Å². The number of thiazole rings is 1. The molecule has 0 radical (unpaired) electrons. The lowest BCUT2D eigenvalue weighted by Gasteiger charge is -2.24. The van der Waals surface area contributed by atoms with Crippen molar-refractivity contribution in [3.63, 3.8) is 0 Å². The van der Waals surface area contributed by atoms with Crippen molar-refractivity contribution in [2.45, 2.75) is 39.7 Å². The van der Waals surface area contributed by atoms with Gasteiger partial charge in [0.15, 0.2) is 16.7 Å². The summed E-state index contributed by atoms with van der Waals surface area (Å²) < 4.78 is 5.84. The van der Waals surface area contributed by atoms with E-state index in [9.17, 15) is 19.5 Å². The predicted octanol–water partition coefficient (Wildman–Crippen LogP) is 5.68. The Balaban J connectivity index is 1.83. The number of anilines is 1. The van der Waals surface area contributed by atoms with Gasteiger partial charge in [-0.05, 0) is 42.5 Å². The van der Waals surface area contributed by atoms with Crippen LogP contribution in [-0.2, 0) is 4.79 Å². The summed E-state index contributed by atoms with van der Waals surface area (Å²) in [7, 11) is 0. The number of aromatic nitrogens is 1. The molecule has 176 valence electrons. The van der Waals surface area contributed by atoms with E-state index in [0.717, 1.165) is 24.2 Å². The number of carbonyl (C=O) groups is 3. The number of hydrogen-bond donors (Lipinski definition) is 1. The van der Waals surface area contributed by atoms with Crippen LogP contribution in [0.1, 0.15) is 63.3 Å². The number of ketones is 2. The van der Waals surface area contributed by atoms with E-state index in [2.05, 4.69) is 11.9 Å². The average molecular weight is 497 g/mol. The molecule has 1 aliphatic rings. The Hall–Kier alpha value is -3.30. The molecule has 1 aromatic carbocycles. The summed E-state index contributed by atoms with van der Waals surface area (Å²) in [4.78, 5) is 45.3. The Morgan fingerprint density at radius 3 is 2.68 bits per heavy atom. The molecule has 0 aliphatic carbocycles. The summed E-state index contributed by atoms with van der Waals surface area (Å²) in [6.07, 6.45) is 1.88. The minimum absolute atomic E-state index is 0.0182. The highest BCUT2D eigenvalue weighted by Gasteiger charge is 2.46. The molecule has 7 nitrogen and oxygen atoms in total. The zero-order chi connectivity index (χ0) is 24.4. The quantitative estimate of drug-likeness (QED) is 0.302. The smallest absolute Gasteiger partial charge is 0.296 e. The molecule has 0 saturated heterocycles. The standard InChI is InChI=1S/C25H24N2O5S2/c1-4-5-11-32-17-9-6-8-16(13-17)20-19(21(29)18-10-7-12-33-18)22(30)24(31)27(20)25-26-14(2)23(34-25)15(3)28/h6-10,12-13,20,30H,4-5,11H2,1-3H3. The van der Waals surface area contributed by atoms with Crippen LogP contribution in [0.5, 0.6) is 5.75 Å². The zero-order valence-electron chi connectivity index (χ0n) is 19.0. The maximum atomic E-state index is 13.4. The first kappa shape index (κ1) is 23.8. The number of nitrogens with zero attached hydrogens (tertiary/aromatic N) is 2. The second-order valence-electron chi connectivity index (χ2n) is 7.89. The minimum atomic E-state index is -0.915. The summed E-state index contributed by atoms with van der Waals surface area (Å²) in [5.74, 6) is -1.33. The van der Waals surface area contributed by atoms with Gasteiger partial charge in [-0.1, -0.05) is 42.9 Å². The molecule has 34 heavy (non-hydrogen) atoms. The van der Waals surface area contributed by atoms with E-state index >= 15 is 0 Å². The molecule has 3 aromatic rings. The van der Waals surface area contributed by atoms with Crippen LogP contribution in [0.4, 0.5) is 5.13 Å². The molecule has 1 N–H and O–H groups in total. The molecule has 2 aromatic heterocycles. The second kappa shape index (κ2) is 9.90. The third-order valence-electron chi connectivity index (χ3n) is 5.45. The zero-order valence-corrected chi connectivity index (χ0v) is 20.7. The van der Waals surface area contributed by atoms with Crippen molar-refractivity contribution in [2.75, 3.05) is 11.5 Å². The van der Waals surface area contributed by atoms with Crippen LogP contribution >= 0.6 is 22.7 Å². The average Bonchev–Trinajstić information content (AvgIpc) is 3.53. The number of benzene rings is 1. The molecule has 4 rings (SSSR count). The van der Waals surface area contributed by atoms with Crippen molar-refractivity contribution in [3.05, 3.63) is 74.1 Å². The summed E-state index contributed by atoms with van der Waals surface area (Å²) >= 11 is 2.30. The molecule has 0 bridgehead atoms. The van der Waals surface area contributed by atoms with E-state index in [-0.39, 0.29) is 16.5 Å². The normalized spacial score (nSPS) is 15.8. The Morgan fingerprint density at radius 1 is 1.24 bits per heavy atom. The van der Waals surface area contributed by atoms with Gasteiger partial charge >= 0.3 is 0 Å².